The monoisotopic (exact) mass is 844 g/mol. The minimum Gasteiger partial charge on any atom is -0.453 e. The van der Waals surface area contributed by atoms with E-state index in [0.29, 0.717) is 30.7 Å². The number of fused-ring (bicyclic) bond motifs is 5. The van der Waals surface area contributed by atoms with E-state index in [1.165, 1.54) is 37.3 Å². The second-order valence-electron chi connectivity index (χ2n) is 17.7. The maximum Gasteiger partial charge on any atom is 0.407 e. The summed E-state index contributed by atoms with van der Waals surface area (Å²) in [6, 6.07) is 10.8. The normalized spacial score (nSPS) is 21.6. The number of imidazole rings is 1. The van der Waals surface area contributed by atoms with E-state index in [9.17, 15) is 19.2 Å². The Morgan fingerprint density at radius 3 is 2.00 bits per heavy atom. The first-order chi connectivity index (χ1) is 29.7. The summed E-state index contributed by atoms with van der Waals surface area (Å²) in [5.74, 6) is 0.996. The average molecular weight is 845 g/mol. The van der Waals surface area contributed by atoms with E-state index in [1.54, 1.807) is 16.0 Å². The van der Waals surface area contributed by atoms with E-state index in [0.717, 1.165) is 52.1 Å². The number of hydrogen-bond acceptors (Lipinski definition) is 9. The Hall–Kier alpha value is -6.18. The molecule has 2 aliphatic heterocycles. The molecule has 2 aromatic carbocycles. The van der Waals surface area contributed by atoms with Crippen molar-refractivity contribution in [2.75, 3.05) is 34.4 Å². The minimum absolute atomic E-state index is 0.127. The van der Waals surface area contributed by atoms with Gasteiger partial charge in [0.25, 0.3) is 0 Å². The smallest absolute Gasteiger partial charge is 0.407 e. The number of carbonyl (C=O) groups excluding carboxylic acids is 4. The predicted molar refractivity (Wildman–Crippen MR) is 240 cm³/mol. The van der Waals surface area contributed by atoms with Crippen LogP contribution < -0.4 is 16.0 Å². The van der Waals surface area contributed by atoms with Gasteiger partial charge in [-0.25, -0.2) is 14.6 Å². The number of aromatic amines is 1. The van der Waals surface area contributed by atoms with Crippen molar-refractivity contribution < 1.29 is 28.7 Å². The topological polar surface area (TPSA) is 170 Å². The lowest BCUT2D eigenvalue weighted by atomic mass is 9.82. The Morgan fingerprint density at radius 1 is 0.806 bits per heavy atom. The van der Waals surface area contributed by atoms with Crippen molar-refractivity contribution in [3.05, 3.63) is 94.6 Å². The zero-order chi connectivity index (χ0) is 44.4. The summed E-state index contributed by atoms with van der Waals surface area (Å²) < 4.78 is 9.58. The highest BCUT2D eigenvalue weighted by Gasteiger charge is 2.41. The van der Waals surface area contributed by atoms with Gasteiger partial charge in [0.15, 0.2) is 0 Å². The molecule has 0 radical (unpaired) electrons. The molecular formula is C48H60N8O6. The van der Waals surface area contributed by atoms with Gasteiger partial charge in [-0.2, -0.15) is 0 Å². The van der Waals surface area contributed by atoms with Crippen molar-refractivity contribution in [1.82, 2.24) is 35.7 Å². The van der Waals surface area contributed by atoms with E-state index < -0.39 is 30.3 Å². The summed E-state index contributed by atoms with van der Waals surface area (Å²) in [5, 5.41) is 8.82. The molecule has 1 fully saturated rings. The summed E-state index contributed by atoms with van der Waals surface area (Å²) in [6.45, 7) is 12.5. The Balaban J connectivity index is 1.11. The number of amides is 4. The van der Waals surface area contributed by atoms with Crippen LogP contribution in [0.3, 0.4) is 0 Å². The maximum absolute atomic E-state index is 13.8. The predicted octanol–water partition coefficient (Wildman–Crippen LogP) is 7.44. The Morgan fingerprint density at radius 2 is 1.39 bits per heavy atom. The highest BCUT2D eigenvalue weighted by atomic mass is 16.5. The molecule has 62 heavy (non-hydrogen) atoms. The second kappa shape index (κ2) is 18.4. The van der Waals surface area contributed by atoms with E-state index in [2.05, 4.69) is 57.3 Å². The first kappa shape index (κ1) is 43.9. The molecule has 4 N–H and O–H groups in total. The van der Waals surface area contributed by atoms with E-state index >= 15 is 0 Å². The molecule has 6 atom stereocenters. The second-order valence-corrected chi connectivity index (χ2v) is 17.7. The van der Waals surface area contributed by atoms with Gasteiger partial charge < -0.3 is 40.2 Å². The van der Waals surface area contributed by atoms with Crippen molar-refractivity contribution in [3.63, 3.8) is 0 Å². The quantitative estimate of drug-likeness (QED) is 0.102. The zero-order valence-corrected chi connectivity index (χ0v) is 37.2. The summed E-state index contributed by atoms with van der Waals surface area (Å²) in [6.07, 6.45) is 11.7. The number of nitrogens with one attached hydrogen (secondary N) is 4. The summed E-state index contributed by atoms with van der Waals surface area (Å²) in [4.78, 5) is 68.0. The molecule has 14 nitrogen and oxygen atoms in total. The van der Waals surface area contributed by atoms with Crippen LogP contribution in [0, 0.1) is 11.8 Å². The van der Waals surface area contributed by atoms with E-state index in [4.69, 9.17) is 19.5 Å². The number of nitrogens with zero attached hydrogens (tertiary/aromatic N) is 4. The largest absolute Gasteiger partial charge is 0.453 e. The molecular weight excluding hydrogens is 785 g/mol. The molecule has 0 saturated heterocycles. The SMILES string of the molecule is CN/C(=C\N=C[C@@H]1C=C(C)CN1C(=O)[C@@H](NC(=O)OC)C(C)C)c1ccc(-c2ccc(-c3cnc([C@@H]4C=C(C)CN4C(=O)[C@@H](NC(=O)OC)C(C)C)[nH]3)cc2)c2c1C1CCC2C1. The van der Waals surface area contributed by atoms with Crippen LogP contribution in [0.4, 0.5) is 9.59 Å². The van der Waals surface area contributed by atoms with Gasteiger partial charge in [0.05, 0.1) is 44.0 Å². The highest BCUT2D eigenvalue weighted by Crippen LogP contribution is 2.57. The van der Waals surface area contributed by atoms with Gasteiger partial charge in [0.2, 0.25) is 11.8 Å². The molecule has 2 aliphatic carbocycles. The molecule has 1 aromatic heterocycles. The number of alkyl carbamates (subject to hydrolysis) is 2. The standard InChI is InChI=1S/C48H60N8O6/c1-26(2)42(53-47(59)61-8)45(57)55-24-28(5)18-34(55)21-50-22-38(49-7)36-17-16-35(40-32-14-15-33(20-32)41(36)40)30-10-12-31(13-11-30)37-23-51-44(52-37)39-19-29(6)25-56(39)46(58)43(27(3)4)54-48(60)62-9/h10-13,16-19,21-23,26-27,32-34,39,42-43,49H,14-15,20,24-25H2,1-9H3,(H,51,52)(H,53,59)(H,54,60)/b38-22-,50-21?/t32?,33?,34-,39-,42-,43-/m0/s1. The number of ether oxygens (including phenoxy) is 2. The molecule has 3 heterocycles. The number of hydrogen-bond donors (Lipinski definition) is 4. The number of carbonyl (C=O) groups is 4. The Bertz CT molecular complexity index is 2320. The van der Waals surface area contributed by atoms with Crippen LogP contribution in [0.25, 0.3) is 28.1 Å². The van der Waals surface area contributed by atoms with Gasteiger partial charge in [-0.3, -0.25) is 14.6 Å². The van der Waals surface area contributed by atoms with Crippen LogP contribution in [0.5, 0.6) is 0 Å². The third-order valence-corrected chi connectivity index (χ3v) is 12.7. The molecule has 0 spiro atoms. The minimum atomic E-state index is -0.733. The fourth-order valence-corrected chi connectivity index (χ4v) is 9.58. The lowest BCUT2D eigenvalue weighted by molar-refractivity contribution is -0.135. The third-order valence-electron chi connectivity index (χ3n) is 12.7. The molecule has 4 amide bonds. The van der Waals surface area contributed by atoms with E-state index in [-0.39, 0.29) is 29.7 Å². The van der Waals surface area contributed by atoms with Gasteiger partial charge in [0.1, 0.15) is 23.9 Å². The van der Waals surface area contributed by atoms with Gasteiger partial charge in [0, 0.05) is 31.9 Å². The van der Waals surface area contributed by atoms with Gasteiger partial charge in [-0.1, -0.05) is 87.4 Å². The summed E-state index contributed by atoms with van der Waals surface area (Å²) in [5.41, 5.74) is 11.2. The molecule has 4 aliphatic rings. The molecule has 2 unspecified atom stereocenters. The molecule has 3 aromatic rings. The van der Waals surface area contributed by atoms with Crippen LogP contribution in [0.2, 0.25) is 0 Å². The number of rotatable bonds is 13. The van der Waals surface area contributed by atoms with Crippen LogP contribution in [-0.4, -0.2) is 102 Å². The molecule has 328 valence electrons. The average Bonchev–Trinajstić information content (AvgIpc) is 4.12. The summed E-state index contributed by atoms with van der Waals surface area (Å²) in [7, 11) is 4.50. The molecule has 2 bridgehead atoms. The van der Waals surface area contributed by atoms with Crippen LogP contribution in [-0.2, 0) is 19.1 Å². The van der Waals surface area contributed by atoms with Gasteiger partial charge >= 0.3 is 12.2 Å². The lowest BCUT2D eigenvalue weighted by Crippen LogP contribution is -2.53. The number of H-pyrrole nitrogens is 1. The number of benzene rings is 2. The third kappa shape index (κ3) is 8.77. The lowest BCUT2D eigenvalue weighted by Gasteiger charge is -2.30. The molecule has 1 saturated carbocycles. The van der Waals surface area contributed by atoms with Crippen LogP contribution >= 0.6 is 0 Å². The van der Waals surface area contributed by atoms with Crippen molar-refractivity contribution in [3.8, 4) is 22.4 Å². The zero-order valence-electron chi connectivity index (χ0n) is 37.2. The highest BCUT2D eigenvalue weighted by molar-refractivity contribution is 5.90. The fraction of sp³-hybridized carbons (Fsp3) is 0.458. The van der Waals surface area contributed by atoms with Crippen LogP contribution in [0.1, 0.15) is 101 Å². The fourth-order valence-electron chi connectivity index (χ4n) is 9.58. The van der Waals surface area contributed by atoms with Gasteiger partial charge in [-0.05, 0) is 84.6 Å². The summed E-state index contributed by atoms with van der Waals surface area (Å²) >= 11 is 0. The Kier molecular flexibility index (Phi) is 13.0. The van der Waals surface area contributed by atoms with Crippen molar-refractivity contribution >= 4 is 35.9 Å². The number of aromatic nitrogens is 2. The van der Waals surface area contributed by atoms with Crippen LogP contribution in [0.15, 0.2) is 77.1 Å². The number of aliphatic imine (C=N–C) groups is 1. The first-order valence-electron chi connectivity index (χ1n) is 21.6. The van der Waals surface area contributed by atoms with Crippen molar-refractivity contribution in [2.45, 2.75) is 96.8 Å². The number of methoxy groups -OCH3 is 2. The van der Waals surface area contributed by atoms with E-state index in [1.807, 2.05) is 73.1 Å². The molecule has 7 rings (SSSR count). The molecule has 14 heteroatoms. The maximum atomic E-state index is 13.8. The van der Waals surface area contributed by atoms with Crippen molar-refractivity contribution in [2.24, 2.45) is 16.8 Å². The van der Waals surface area contributed by atoms with Crippen molar-refractivity contribution in [1.29, 1.82) is 0 Å². The van der Waals surface area contributed by atoms with Gasteiger partial charge in [-0.15, -0.1) is 0 Å². The first-order valence-corrected chi connectivity index (χ1v) is 21.6. The Labute approximate surface area is 364 Å².